The van der Waals surface area contributed by atoms with Crippen molar-refractivity contribution >= 4 is 0 Å². The fourth-order valence-electron chi connectivity index (χ4n) is 5.19. The molecule has 3 heteroatoms. The molecule has 0 spiro atoms. The molecule has 5 rings (SSSR count). The topological polar surface area (TPSA) is 38.0 Å². The van der Waals surface area contributed by atoms with Gasteiger partial charge in [-0.3, -0.25) is 0 Å². The van der Waals surface area contributed by atoms with Gasteiger partial charge in [-0.1, -0.05) is 0 Å². The number of imidazole rings is 1. The Bertz CT molecular complexity index is 437. The first-order valence-electron chi connectivity index (χ1n) is 7.45. The molecule has 4 bridgehead atoms. The second-order valence-electron chi connectivity index (χ2n) is 6.67. The molecule has 4 aliphatic rings. The summed E-state index contributed by atoms with van der Waals surface area (Å²) in [6, 6.07) is 0. The lowest BCUT2D eigenvalue weighted by Gasteiger charge is -2.58. The van der Waals surface area contributed by atoms with Crippen LogP contribution in [-0.2, 0) is 12.1 Å². The van der Waals surface area contributed by atoms with Crippen LogP contribution in [0.4, 0.5) is 0 Å². The summed E-state index contributed by atoms with van der Waals surface area (Å²) in [4.78, 5) is 4.52. The monoisotopic (exact) mass is 246 g/mol. The van der Waals surface area contributed by atoms with Gasteiger partial charge in [0.1, 0.15) is 11.4 Å². The first-order valence-corrected chi connectivity index (χ1v) is 7.45. The maximum Gasteiger partial charge on any atom is 0.141 e. The lowest BCUT2D eigenvalue weighted by molar-refractivity contribution is -0.185. The minimum absolute atomic E-state index is 0.460. The van der Waals surface area contributed by atoms with Crippen molar-refractivity contribution in [2.75, 3.05) is 0 Å². The number of rotatable bonds is 2. The van der Waals surface area contributed by atoms with Gasteiger partial charge in [0.15, 0.2) is 0 Å². The zero-order valence-electron chi connectivity index (χ0n) is 11.0. The molecule has 98 valence electrons. The van der Waals surface area contributed by atoms with E-state index in [-0.39, 0.29) is 0 Å². The molecule has 1 heterocycles. The lowest BCUT2D eigenvalue weighted by atomic mass is 9.49. The van der Waals surface area contributed by atoms with Crippen molar-refractivity contribution in [1.82, 2.24) is 9.55 Å². The summed E-state index contributed by atoms with van der Waals surface area (Å²) in [5.74, 6) is 3.64. The third-order valence-electron chi connectivity index (χ3n) is 5.80. The average molecular weight is 246 g/mol. The van der Waals surface area contributed by atoms with Crippen LogP contribution in [0.5, 0.6) is 0 Å². The van der Waals surface area contributed by atoms with E-state index in [0.717, 1.165) is 24.2 Å². The molecule has 0 radical (unpaired) electrons. The second kappa shape index (κ2) is 3.60. The summed E-state index contributed by atoms with van der Waals surface area (Å²) in [6.07, 6.45) is 10.2. The van der Waals surface area contributed by atoms with E-state index in [0.29, 0.717) is 11.8 Å². The molecular weight excluding hydrogens is 224 g/mol. The van der Waals surface area contributed by atoms with Gasteiger partial charge in [0.2, 0.25) is 0 Å². The Labute approximate surface area is 108 Å². The van der Waals surface area contributed by atoms with Gasteiger partial charge in [-0.2, -0.15) is 0 Å². The molecular formula is C15H22N2O. The Hall–Kier alpha value is -0.830. The Morgan fingerprint density at radius 2 is 1.83 bits per heavy atom. The van der Waals surface area contributed by atoms with Crippen LogP contribution >= 0.6 is 0 Å². The molecule has 0 aromatic carbocycles. The van der Waals surface area contributed by atoms with Gasteiger partial charge in [-0.15, -0.1) is 0 Å². The Morgan fingerprint density at radius 1 is 1.22 bits per heavy atom. The Morgan fingerprint density at radius 3 is 2.39 bits per heavy atom. The van der Waals surface area contributed by atoms with Gasteiger partial charge in [0, 0.05) is 18.9 Å². The third-order valence-corrected chi connectivity index (χ3v) is 5.80. The molecule has 1 aromatic rings. The van der Waals surface area contributed by atoms with Gasteiger partial charge in [0.05, 0.1) is 0 Å². The number of hydrogen-bond donors (Lipinski definition) is 1. The number of nitrogens with zero attached hydrogens (tertiary/aromatic N) is 2. The smallest absolute Gasteiger partial charge is 0.141 e. The van der Waals surface area contributed by atoms with Crippen molar-refractivity contribution in [1.29, 1.82) is 0 Å². The van der Waals surface area contributed by atoms with Crippen LogP contribution in [0.2, 0.25) is 0 Å². The summed E-state index contributed by atoms with van der Waals surface area (Å²) >= 11 is 0. The predicted molar refractivity (Wildman–Crippen MR) is 68.8 cm³/mol. The van der Waals surface area contributed by atoms with Crippen LogP contribution in [0.15, 0.2) is 12.4 Å². The number of aromatic nitrogens is 2. The van der Waals surface area contributed by atoms with Crippen LogP contribution in [0.25, 0.3) is 0 Å². The van der Waals surface area contributed by atoms with Gasteiger partial charge in [-0.25, -0.2) is 4.98 Å². The average Bonchev–Trinajstić information content (AvgIpc) is 2.83. The quantitative estimate of drug-likeness (QED) is 0.871. The van der Waals surface area contributed by atoms with E-state index in [1.54, 1.807) is 0 Å². The van der Waals surface area contributed by atoms with E-state index in [1.807, 2.05) is 12.4 Å². The van der Waals surface area contributed by atoms with Crippen molar-refractivity contribution in [3.63, 3.8) is 0 Å². The van der Waals surface area contributed by atoms with E-state index in [4.69, 9.17) is 0 Å². The molecule has 0 saturated heterocycles. The first kappa shape index (κ1) is 11.0. The van der Waals surface area contributed by atoms with Gasteiger partial charge < -0.3 is 9.67 Å². The normalized spacial score (nSPS) is 45.7. The number of aryl methyl sites for hydroxylation is 1. The predicted octanol–water partition coefficient (Wildman–Crippen LogP) is 2.55. The summed E-state index contributed by atoms with van der Waals surface area (Å²) in [5, 5.41) is 11.4. The van der Waals surface area contributed by atoms with Crippen molar-refractivity contribution in [2.24, 2.45) is 23.7 Å². The molecule has 0 amide bonds. The van der Waals surface area contributed by atoms with E-state index >= 15 is 0 Å². The third kappa shape index (κ3) is 1.26. The molecule has 0 unspecified atom stereocenters. The van der Waals surface area contributed by atoms with Crippen LogP contribution in [0.3, 0.4) is 0 Å². The number of hydrogen-bond acceptors (Lipinski definition) is 2. The summed E-state index contributed by atoms with van der Waals surface area (Å²) in [6.45, 7) is 3.04. The summed E-state index contributed by atoms with van der Waals surface area (Å²) in [7, 11) is 0. The number of aliphatic hydroxyl groups is 1. The highest BCUT2D eigenvalue weighted by molar-refractivity contribution is 5.16. The van der Waals surface area contributed by atoms with E-state index in [2.05, 4.69) is 16.5 Å². The largest absolute Gasteiger partial charge is 0.381 e. The standard InChI is InChI=1S/C15H22N2O/c1-2-17-4-3-16-14(17)15(18)12-6-10-5-11(8-12)9-13(15)7-10/h3-4,10-13,18H,2,5-9H2,1H3. The molecule has 0 atom stereocenters. The highest BCUT2D eigenvalue weighted by Crippen LogP contribution is 2.61. The molecule has 4 fully saturated rings. The minimum Gasteiger partial charge on any atom is -0.381 e. The lowest BCUT2D eigenvalue weighted by Crippen LogP contribution is -2.56. The molecule has 4 aliphatic carbocycles. The van der Waals surface area contributed by atoms with E-state index in [9.17, 15) is 5.11 Å². The molecule has 0 aliphatic heterocycles. The van der Waals surface area contributed by atoms with Crippen LogP contribution in [0, 0.1) is 23.7 Å². The summed E-state index contributed by atoms with van der Waals surface area (Å²) < 4.78 is 2.14. The zero-order valence-corrected chi connectivity index (χ0v) is 11.0. The maximum atomic E-state index is 11.4. The van der Waals surface area contributed by atoms with Crippen molar-refractivity contribution < 1.29 is 5.11 Å². The molecule has 1 aromatic heterocycles. The van der Waals surface area contributed by atoms with Gasteiger partial charge in [0.25, 0.3) is 0 Å². The first-order chi connectivity index (χ1) is 8.71. The van der Waals surface area contributed by atoms with Crippen LogP contribution in [0.1, 0.15) is 44.9 Å². The second-order valence-corrected chi connectivity index (χ2v) is 6.67. The Balaban J connectivity index is 1.79. The van der Waals surface area contributed by atoms with Crippen molar-refractivity contribution in [3.05, 3.63) is 18.2 Å². The highest BCUT2D eigenvalue weighted by Gasteiger charge is 2.58. The van der Waals surface area contributed by atoms with Crippen molar-refractivity contribution in [3.8, 4) is 0 Å². The van der Waals surface area contributed by atoms with Gasteiger partial charge >= 0.3 is 0 Å². The SMILES string of the molecule is CCn1ccnc1C1(O)C2CC3CC(C2)CC1C3. The van der Waals surface area contributed by atoms with Gasteiger partial charge in [-0.05, 0) is 62.7 Å². The van der Waals surface area contributed by atoms with E-state index < -0.39 is 5.60 Å². The minimum atomic E-state index is -0.632. The zero-order chi connectivity index (χ0) is 12.3. The molecule has 3 nitrogen and oxygen atoms in total. The Kier molecular flexibility index (Phi) is 2.20. The maximum absolute atomic E-state index is 11.4. The highest BCUT2D eigenvalue weighted by atomic mass is 16.3. The van der Waals surface area contributed by atoms with Crippen molar-refractivity contribution in [2.45, 2.75) is 51.2 Å². The van der Waals surface area contributed by atoms with E-state index in [1.165, 1.54) is 32.1 Å². The molecule has 1 N–H and O–H groups in total. The fourth-order valence-corrected chi connectivity index (χ4v) is 5.19. The fraction of sp³-hybridized carbons (Fsp3) is 0.800. The molecule has 4 saturated carbocycles. The van der Waals surface area contributed by atoms with Crippen LogP contribution < -0.4 is 0 Å². The van der Waals surface area contributed by atoms with Crippen LogP contribution in [-0.4, -0.2) is 14.7 Å². The summed E-state index contributed by atoms with van der Waals surface area (Å²) in [5.41, 5.74) is -0.632. The molecule has 18 heavy (non-hydrogen) atoms.